The minimum absolute atomic E-state index is 0.0540. The van der Waals surface area contributed by atoms with Gasteiger partial charge in [-0.25, -0.2) is 13.8 Å². The normalized spacial score (nSPS) is 13.3. The highest BCUT2D eigenvalue weighted by atomic mass is 32.2. The van der Waals surface area contributed by atoms with Gasteiger partial charge >= 0.3 is 11.9 Å². The summed E-state index contributed by atoms with van der Waals surface area (Å²) in [5.41, 5.74) is 2.06. The first-order valence-corrected chi connectivity index (χ1v) is 11.0. The lowest BCUT2D eigenvalue weighted by molar-refractivity contribution is -0.132. The van der Waals surface area contributed by atoms with Crippen LogP contribution in [0.1, 0.15) is 21.5 Å². The summed E-state index contributed by atoms with van der Waals surface area (Å²) in [7, 11) is -0.624. The molecule has 0 heterocycles. The molecule has 7 nitrogen and oxygen atoms in total. The van der Waals surface area contributed by atoms with E-state index in [0.717, 1.165) is 22.2 Å². The van der Waals surface area contributed by atoms with Crippen molar-refractivity contribution in [2.75, 3.05) is 14.2 Å². The minimum atomic E-state index is -3.13. The molecule has 0 saturated carbocycles. The SMILES string of the molecule is C=S(=O)(Cc1ccc(C(=O)OC)cc1)O/N=C(\Sc1ccc(C)cc1)C(=O)OC. The molecule has 1 unspecified atom stereocenters. The van der Waals surface area contributed by atoms with Crippen LogP contribution in [0.3, 0.4) is 0 Å². The van der Waals surface area contributed by atoms with Crippen LogP contribution in [0.25, 0.3) is 0 Å². The highest BCUT2D eigenvalue weighted by Crippen LogP contribution is 2.21. The molecule has 29 heavy (non-hydrogen) atoms. The molecule has 0 spiro atoms. The zero-order chi connectivity index (χ0) is 21.4. The van der Waals surface area contributed by atoms with Crippen molar-refractivity contribution in [3.05, 3.63) is 65.2 Å². The van der Waals surface area contributed by atoms with Crippen LogP contribution in [0.4, 0.5) is 0 Å². The number of benzene rings is 2. The molecule has 154 valence electrons. The first-order valence-electron chi connectivity index (χ1n) is 8.35. The highest BCUT2D eigenvalue weighted by Gasteiger charge is 2.17. The van der Waals surface area contributed by atoms with Gasteiger partial charge in [0, 0.05) is 4.90 Å². The number of oxime groups is 1. The monoisotopic (exact) mass is 435 g/mol. The van der Waals surface area contributed by atoms with Gasteiger partial charge in [0.1, 0.15) is 9.80 Å². The van der Waals surface area contributed by atoms with Crippen LogP contribution in [0.2, 0.25) is 0 Å². The van der Waals surface area contributed by atoms with Crippen molar-refractivity contribution < 1.29 is 27.6 Å². The zero-order valence-corrected chi connectivity index (χ0v) is 17.9. The topological polar surface area (TPSA) is 91.3 Å². The number of thioether (sulfide) groups is 1. The third-order valence-corrected chi connectivity index (χ3v) is 5.67. The smallest absolute Gasteiger partial charge is 0.367 e. The van der Waals surface area contributed by atoms with Crippen LogP contribution in [-0.4, -0.2) is 41.3 Å². The Morgan fingerprint density at radius 2 is 1.66 bits per heavy atom. The van der Waals surface area contributed by atoms with Crippen molar-refractivity contribution in [3.8, 4) is 0 Å². The number of hydrogen-bond acceptors (Lipinski definition) is 8. The molecule has 0 aliphatic carbocycles. The Labute approximate surface area is 174 Å². The van der Waals surface area contributed by atoms with Crippen molar-refractivity contribution in [2.24, 2.45) is 5.16 Å². The number of rotatable bonds is 6. The van der Waals surface area contributed by atoms with E-state index in [1.165, 1.54) is 14.2 Å². The molecule has 0 radical (unpaired) electrons. The van der Waals surface area contributed by atoms with E-state index in [9.17, 15) is 13.8 Å². The molecule has 0 aliphatic heterocycles. The third kappa shape index (κ3) is 6.95. The van der Waals surface area contributed by atoms with Crippen LogP contribution in [0, 0.1) is 6.92 Å². The molecule has 0 N–H and O–H groups in total. The van der Waals surface area contributed by atoms with Crippen LogP contribution in [0.5, 0.6) is 0 Å². The maximum absolute atomic E-state index is 12.6. The van der Waals surface area contributed by atoms with Gasteiger partial charge in [0.05, 0.1) is 25.5 Å². The standard InChI is InChI=1S/C20H21NO6S2/c1-14-5-11-17(12-6-14)28-18(20(23)26-3)21-27-29(4,24)13-15-7-9-16(10-8-15)19(22)25-2/h5-12H,4,13H2,1-3H3/b21-18-. The Balaban J connectivity index is 2.12. The number of carbonyl (C=O) groups excluding carboxylic acids is 2. The maximum Gasteiger partial charge on any atom is 0.367 e. The van der Waals surface area contributed by atoms with Gasteiger partial charge < -0.3 is 13.8 Å². The molecule has 2 aromatic carbocycles. The molecule has 9 heteroatoms. The third-order valence-electron chi connectivity index (χ3n) is 3.61. The largest absolute Gasteiger partial charge is 0.465 e. The van der Waals surface area contributed by atoms with Crippen molar-refractivity contribution in [2.45, 2.75) is 17.6 Å². The van der Waals surface area contributed by atoms with E-state index in [1.807, 2.05) is 31.2 Å². The predicted molar refractivity (Wildman–Crippen MR) is 114 cm³/mol. The lowest BCUT2D eigenvalue weighted by atomic mass is 10.1. The Bertz CT molecular complexity index is 996. The van der Waals surface area contributed by atoms with Gasteiger partial charge in [-0.1, -0.05) is 46.7 Å². The summed E-state index contributed by atoms with van der Waals surface area (Å²) in [5, 5.41) is 3.63. The molecule has 0 saturated heterocycles. The van der Waals surface area contributed by atoms with Crippen molar-refractivity contribution in [1.29, 1.82) is 0 Å². The quantitative estimate of drug-likeness (QED) is 0.172. The molecule has 0 bridgehead atoms. The lowest BCUT2D eigenvalue weighted by Gasteiger charge is -2.09. The second kappa shape index (κ2) is 10.1. The Kier molecular flexibility index (Phi) is 7.86. The lowest BCUT2D eigenvalue weighted by Crippen LogP contribution is -2.14. The molecule has 0 aliphatic rings. The molecular weight excluding hydrogens is 414 g/mol. The maximum atomic E-state index is 12.6. The fourth-order valence-corrected chi connectivity index (χ4v) is 3.89. The summed E-state index contributed by atoms with van der Waals surface area (Å²) < 4.78 is 27.1. The van der Waals surface area contributed by atoms with Gasteiger partial charge in [-0.3, -0.25) is 0 Å². The Morgan fingerprint density at radius 1 is 1.03 bits per heavy atom. The van der Waals surface area contributed by atoms with Crippen LogP contribution < -0.4 is 0 Å². The molecule has 2 rings (SSSR count). The van der Waals surface area contributed by atoms with Gasteiger partial charge in [0.15, 0.2) is 0 Å². The summed E-state index contributed by atoms with van der Waals surface area (Å²) in [4.78, 5) is 24.2. The highest BCUT2D eigenvalue weighted by molar-refractivity contribution is 8.15. The second-order valence-corrected chi connectivity index (χ2v) is 8.94. The van der Waals surface area contributed by atoms with Crippen LogP contribution >= 0.6 is 11.8 Å². The molecule has 2 aromatic rings. The van der Waals surface area contributed by atoms with E-state index in [2.05, 4.69) is 15.8 Å². The van der Waals surface area contributed by atoms with E-state index in [-0.39, 0.29) is 10.8 Å². The number of nitrogens with zero attached hydrogens (tertiary/aromatic N) is 1. The predicted octanol–water partition coefficient (Wildman–Crippen LogP) is 3.21. The van der Waals surface area contributed by atoms with Crippen molar-refractivity contribution in [3.63, 3.8) is 0 Å². The van der Waals surface area contributed by atoms with E-state index in [0.29, 0.717) is 11.1 Å². The molecule has 1 atom stereocenters. The van der Waals surface area contributed by atoms with Gasteiger partial charge in [-0.2, -0.15) is 0 Å². The van der Waals surface area contributed by atoms with E-state index < -0.39 is 21.7 Å². The van der Waals surface area contributed by atoms with E-state index >= 15 is 0 Å². The summed E-state index contributed by atoms with van der Waals surface area (Å²) in [6.07, 6.45) is 0. The Morgan fingerprint density at radius 3 is 2.21 bits per heavy atom. The van der Waals surface area contributed by atoms with E-state index in [4.69, 9.17) is 9.02 Å². The van der Waals surface area contributed by atoms with Crippen LogP contribution in [-0.2, 0) is 34.1 Å². The number of aryl methyl sites for hydroxylation is 1. The second-order valence-electron chi connectivity index (χ2n) is 5.95. The van der Waals surface area contributed by atoms with Gasteiger partial charge in [-0.15, -0.1) is 0 Å². The number of methoxy groups -OCH3 is 2. The molecule has 0 fully saturated rings. The van der Waals surface area contributed by atoms with Gasteiger partial charge in [0.25, 0.3) is 0 Å². The minimum Gasteiger partial charge on any atom is -0.465 e. The first kappa shape index (κ1) is 22.5. The van der Waals surface area contributed by atoms with E-state index in [1.54, 1.807) is 24.3 Å². The number of ether oxygens (including phenoxy) is 2. The fourth-order valence-electron chi connectivity index (χ4n) is 2.14. The summed E-state index contributed by atoms with van der Waals surface area (Å²) in [5.74, 6) is 2.32. The van der Waals surface area contributed by atoms with Crippen molar-refractivity contribution in [1.82, 2.24) is 0 Å². The molecule has 0 aromatic heterocycles. The van der Waals surface area contributed by atoms with Gasteiger partial charge in [-0.05, 0) is 42.6 Å². The average Bonchev–Trinajstić information content (AvgIpc) is 2.71. The van der Waals surface area contributed by atoms with Crippen LogP contribution in [0.15, 0.2) is 58.6 Å². The van der Waals surface area contributed by atoms with Gasteiger partial charge in [0.2, 0.25) is 5.04 Å². The fraction of sp³-hybridized carbons (Fsp3) is 0.200. The molecule has 0 amide bonds. The summed E-state index contributed by atoms with van der Waals surface area (Å²) in [6.45, 7) is 1.95. The van der Waals surface area contributed by atoms with Crippen molar-refractivity contribution >= 4 is 44.4 Å². The Hall–Kier alpha value is -2.78. The number of esters is 2. The number of hydrogen-bond donors (Lipinski definition) is 0. The number of carbonyl (C=O) groups is 2. The summed E-state index contributed by atoms with van der Waals surface area (Å²) in [6, 6.07) is 13.8. The zero-order valence-electron chi connectivity index (χ0n) is 16.2. The average molecular weight is 436 g/mol. The summed E-state index contributed by atoms with van der Waals surface area (Å²) >= 11 is 1.03. The molecular formula is C20H21NO6S2. The first-order chi connectivity index (χ1) is 13.7.